The highest BCUT2D eigenvalue weighted by Gasteiger charge is 2.23. The number of aliphatic hydroxyl groups excluding tert-OH is 1. The predicted octanol–water partition coefficient (Wildman–Crippen LogP) is 1.83. The maximum Gasteiger partial charge on any atom is 0.252 e. The molecule has 0 aromatic carbocycles. The summed E-state index contributed by atoms with van der Waals surface area (Å²) >= 11 is 2.57. The first-order valence-corrected chi connectivity index (χ1v) is 8.68. The second-order valence-electron chi connectivity index (χ2n) is 4.05. The minimum absolute atomic E-state index is 0.149. The Bertz CT molecular complexity index is 660. The first-order chi connectivity index (χ1) is 8.95. The highest BCUT2D eigenvalue weighted by molar-refractivity contribution is 7.91. The number of nitrogens with zero attached hydrogens (tertiary/aromatic N) is 2. The van der Waals surface area contributed by atoms with Crippen molar-refractivity contribution in [3.05, 3.63) is 33.1 Å². The van der Waals surface area contributed by atoms with Crippen molar-refractivity contribution in [1.29, 1.82) is 0 Å². The second kappa shape index (κ2) is 5.68. The van der Waals surface area contributed by atoms with Gasteiger partial charge in [0, 0.05) is 18.5 Å². The molecule has 2 aromatic heterocycles. The number of rotatable bonds is 5. The minimum atomic E-state index is -3.50. The van der Waals surface area contributed by atoms with E-state index >= 15 is 0 Å². The summed E-state index contributed by atoms with van der Waals surface area (Å²) in [6.07, 6.45) is 0. The largest absolute Gasteiger partial charge is 0.392 e. The minimum Gasteiger partial charge on any atom is -0.392 e. The summed E-state index contributed by atoms with van der Waals surface area (Å²) in [5.41, 5.74) is 3.18. The van der Waals surface area contributed by atoms with E-state index in [1.165, 1.54) is 21.7 Å². The quantitative estimate of drug-likeness (QED) is 0.913. The summed E-state index contributed by atoms with van der Waals surface area (Å²) in [5.74, 6) is 0. The lowest BCUT2D eigenvalue weighted by Crippen LogP contribution is -2.25. The van der Waals surface area contributed by atoms with Crippen LogP contribution in [0.2, 0.25) is 0 Å². The average Bonchev–Trinajstić information content (AvgIpc) is 2.99. The zero-order valence-corrected chi connectivity index (χ0v) is 13.0. The molecule has 2 aromatic rings. The van der Waals surface area contributed by atoms with Crippen LogP contribution in [0.25, 0.3) is 0 Å². The standard InChI is InChI=1S/C11H14N2O3S3/c1-8-10(18-7-12-8)4-13(2)19(15,16)11-3-9(5-14)6-17-11/h3,6-7,14H,4-5H2,1-2H3. The Balaban J connectivity index is 2.22. The molecule has 8 heteroatoms. The second-order valence-corrected chi connectivity index (χ2v) is 8.18. The maximum absolute atomic E-state index is 12.3. The Kier molecular flexibility index (Phi) is 4.36. The topological polar surface area (TPSA) is 70.5 Å². The molecule has 19 heavy (non-hydrogen) atoms. The van der Waals surface area contributed by atoms with E-state index in [1.54, 1.807) is 17.9 Å². The lowest BCUT2D eigenvalue weighted by atomic mass is 10.4. The van der Waals surface area contributed by atoms with Gasteiger partial charge in [-0.2, -0.15) is 4.31 Å². The zero-order valence-electron chi connectivity index (χ0n) is 10.5. The molecule has 5 nitrogen and oxygen atoms in total. The monoisotopic (exact) mass is 318 g/mol. The van der Waals surface area contributed by atoms with Gasteiger partial charge in [-0.1, -0.05) is 0 Å². The molecular formula is C11H14N2O3S3. The van der Waals surface area contributed by atoms with Gasteiger partial charge in [-0.3, -0.25) is 0 Å². The number of hydrogen-bond acceptors (Lipinski definition) is 6. The van der Waals surface area contributed by atoms with Crippen LogP contribution >= 0.6 is 22.7 Å². The molecule has 0 atom stereocenters. The molecule has 1 N–H and O–H groups in total. The van der Waals surface area contributed by atoms with E-state index in [9.17, 15) is 8.42 Å². The molecule has 0 bridgehead atoms. The fourth-order valence-corrected chi connectivity index (χ4v) is 4.95. The third-order valence-corrected chi connectivity index (χ3v) is 6.88. The van der Waals surface area contributed by atoms with Crippen molar-refractivity contribution >= 4 is 32.7 Å². The van der Waals surface area contributed by atoms with Crippen molar-refractivity contribution in [1.82, 2.24) is 9.29 Å². The smallest absolute Gasteiger partial charge is 0.252 e. The summed E-state index contributed by atoms with van der Waals surface area (Å²) in [5, 5.41) is 10.6. The molecular weight excluding hydrogens is 304 g/mol. The first-order valence-electron chi connectivity index (χ1n) is 5.48. The first kappa shape index (κ1) is 14.6. The molecule has 0 spiro atoms. The van der Waals surface area contributed by atoms with Gasteiger partial charge in [-0.05, 0) is 23.9 Å². The summed E-state index contributed by atoms with van der Waals surface area (Å²) < 4.78 is 26.2. The maximum atomic E-state index is 12.3. The van der Waals surface area contributed by atoms with Crippen LogP contribution in [0.5, 0.6) is 0 Å². The van der Waals surface area contributed by atoms with Crippen LogP contribution in [-0.4, -0.2) is 29.9 Å². The fraction of sp³-hybridized carbons (Fsp3) is 0.364. The van der Waals surface area contributed by atoms with E-state index in [0.29, 0.717) is 12.1 Å². The summed E-state index contributed by atoms with van der Waals surface area (Å²) in [7, 11) is -1.95. The number of thiazole rings is 1. The summed E-state index contributed by atoms with van der Waals surface area (Å²) in [4.78, 5) is 5.04. The molecule has 0 saturated carbocycles. The Morgan fingerprint density at radius 3 is 2.68 bits per heavy atom. The van der Waals surface area contributed by atoms with Crippen molar-refractivity contribution in [2.24, 2.45) is 0 Å². The number of aryl methyl sites for hydroxylation is 1. The van der Waals surface area contributed by atoms with Crippen LogP contribution in [0.1, 0.15) is 16.1 Å². The lowest BCUT2D eigenvalue weighted by molar-refractivity contribution is 0.282. The molecule has 0 unspecified atom stereocenters. The highest BCUT2D eigenvalue weighted by Crippen LogP contribution is 2.25. The molecule has 0 radical (unpaired) electrons. The number of thiophene rings is 1. The third-order valence-electron chi connectivity index (χ3n) is 2.69. The Labute approximate surface area is 120 Å². The van der Waals surface area contributed by atoms with E-state index < -0.39 is 10.0 Å². The van der Waals surface area contributed by atoms with Gasteiger partial charge in [0.05, 0.1) is 17.8 Å². The van der Waals surface area contributed by atoms with Gasteiger partial charge >= 0.3 is 0 Å². The van der Waals surface area contributed by atoms with Crippen LogP contribution in [0.4, 0.5) is 0 Å². The van der Waals surface area contributed by atoms with Crippen molar-refractivity contribution in [2.75, 3.05) is 7.05 Å². The van der Waals surface area contributed by atoms with Gasteiger partial charge in [0.15, 0.2) is 0 Å². The van der Waals surface area contributed by atoms with Crippen LogP contribution < -0.4 is 0 Å². The molecule has 0 aliphatic carbocycles. The number of aromatic nitrogens is 1. The van der Waals surface area contributed by atoms with Crippen molar-refractivity contribution in [3.8, 4) is 0 Å². The Morgan fingerprint density at radius 2 is 2.16 bits per heavy atom. The van der Waals surface area contributed by atoms with E-state index in [2.05, 4.69) is 4.98 Å². The van der Waals surface area contributed by atoms with Crippen molar-refractivity contribution in [3.63, 3.8) is 0 Å². The molecule has 2 heterocycles. The molecule has 104 valence electrons. The van der Waals surface area contributed by atoms with Crippen LogP contribution in [0, 0.1) is 6.92 Å². The average molecular weight is 318 g/mol. The molecule has 0 fully saturated rings. The zero-order chi connectivity index (χ0) is 14.0. The SMILES string of the molecule is Cc1ncsc1CN(C)S(=O)(=O)c1cc(CO)cs1. The van der Waals surface area contributed by atoms with Gasteiger partial charge in [0.2, 0.25) is 0 Å². The molecule has 0 saturated heterocycles. The molecule has 2 rings (SSSR count). The number of sulfonamides is 1. The van der Waals surface area contributed by atoms with Gasteiger partial charge in [0.25, 0.3) is 10.0 Å². The highest BCUT2D eigenvalue weighted by atomic mass is 32.2. The molecule has 0 aliphatic heterocycles. The summed E-state index contributed by atoms with van der Waals surface area (Å²) in [6, 6.07) is 1.51. The van der Waals surface area contributed by atoms with Crippen molar-refractivity contribution < 1.29 is 13.5 Å². The normalized spacial score (nSPS) is 12.2. The van der Waals surface area contributed by atoms with Crippen LogP contribution in [0.3, 0.4) is 0 Å². The molecule has 0 amide bonds. The third kappa shape index (κ3) is 3.03. The number of hydrogen-bond donors (Lipinski definition) is 1. The Morgan fingerprint density at radius 1 is 1.42 bits per heavy atom. The van der Waals surface area contributed by atoms with E-state index in [0.717, 1.165) is 21.9 Å². The lowest BCUT2D eigenvalue weighted by Gasteiger charge is -2.15. The predicted molar refractivity (Wildman–Crippen MR) is 75.7 cm³/mol. The van der Waals surface area contributed by atoms with E-state index in [4.69, 9.17) is 5.11 Å². The number of aliphatic hydroxyl groups is 1. The van der Waals surface area contributed by atoms with Gasteiger partial charge < -0.3 is 5.11 Å². The van der Waals surface area contributed by atoms with E-state index in [1.807, 2.05) is 6.92 Å². The van der Waals surface area contributed by atoms with Crippen LogP contribution in [-0.2, 0) is 23.2 Å². The summed E-state index contributed by atoms with van der Waals surface area (Å²) in [6.45, 7) is 2.02. The van der Waals surface area contributed by atoms with Gasteiger partial charge in [-0.25, -0.2) is 13.4 Å². The van der Waals surface area contributed by atoms with Gasteiger partial charge in [0.1, 0.15) is 4.21 Å². The Hall–Kier alpha value is -0.800. The van der Waals surface area contributed by atoms with Gasteiger partial charge in [-0.15, -0.1) is 22.7 Å². The van der Waals surface area contributed by atoms with Crippen molar-refractivity contribution in [2.45, 2.75) is 24.3 Å². The van der Waals surface area contributed by atoms with Crippen LogP contribution in [0.15, 0.2) is 21.2 Å². The fourth-order valence-electron chi connectivity index (χ4n) is 1.49. The molecule has 0 aliphatic rings. The van der Waals surface area contributed by atoms with E-state index in [-0.39, 0.29) is 10.8 Å².